The Kier molecular flexibility index (Phi) is 15.5. The molecule has 0 spiro atoms. The highest BCUT2D eigenvalue weighted by atomic mass is 16.5. The van der Waals surface area contributed by atoms with E-state index in [1.54, 1.807) is 24.3 Å². The number of carbonyl (C=O) groups excluding carboxylic acids is 2. The van der Waals surface area contributed by atoms with Crippen LogP contribution in [0, 0.1) is 11.8 Å². The van der Waals surface area contributed by atoms with Gasteiger partial charge >= 0.3 is 0 Å². The highest BCUT2D eigenvalue weighted by Crippen LogP contribution is 2.36. The Balaban J connectivity index is 1.17. The van der Waals surface area contributed by atoms with Gasteiger partial charge in [0.25, 0.3) is 0 Å². The summed E-state index contributed by atoms with van der Waals surface area (Å²) in [5, 5.41) is 22.7. The minimum absolute atomic E-state index is 0.141. The summed E-state index contributed by atoms with van der Waals surface area (Å²) in [5.41, 5.74) is 14.3. The Hall–Kier alpha value is -4.48. The average molecular weight is 755 g/mol. The molecule has 2 saturated carbocycles. The lowest BCUT2D eigenvalue weighted by atomic mass is 9.82. The normalized spacial score (nSPS) is 21.1. The molecule has 1 unspecified atom stereocenters. The van der Waals surface area contributed by atoms with Crippen LogP contribution in [0.3, 0.4) is 0 Å². The number of nitrogens with two attached hydrogens (primary N) is 2. The summed E-state index contributed by atoms with van der Waals surface area (Å²) in [5.74, 6) is -3.28. The molecular formula is C45H58N2O8. The van der Waals surface area contributed by atoms with Gasteiger partial charge in [-0.05, 0) is 142 Å². The molecule has 296 valence electrons. The van der Waals surface area contributed by atoms with Crippen LogP contribution in [0.4, 0.5) is 11.4 Å². The SMILES string of the molecule is CCOC1CCC(COc2ccc(C=CC(=O)CC(c3ccc(N)cc3N)C(O)(O)C(=O)C=Cc3ccc(OCC4CCC(OCC)CC4)cc3)cc2)CC1. The molecule has 0 saturated heterocycles. The Bertz CT molecular complexity index is 1720. The second kappa shape index (κ2) is 20.4. The van der Waals surface area contributed by atoms with E-state index < -0.39 is 29.7 Å². The van der Waals surface area contributed by atoms with Crippen molar-refractivity contribution in [2.45, 2.75) is 95.5 Å². The molecular weight excluding hydrogens is 697 g/mol. The molecule has 1 atom stereocenters. The largest absolute Gasteiger partial charge is 0.493 e. The van der Waals surface area contributed by atoms with Crippen LogP contribution in [0.1, 0.15) is 94.2 Å². The third-order valence-corrected chi connectivity index (χ3v) is 10.8. The van der Waals surface area contributed by atoms with Crippen molar-refractivity contribution in [1.29, 1.82) is 0 Å². The summed E-state index contributed by atoms with van der Waals surface area (Å²) in [6.07, 6.45) is 14.5. The molecule has 3 aromatic carbocycles. The quantitative estimate of drug-likeness (QED) is 0.0547. The zero-order valence-corrected chi connectivity index (χ0v) is 32.2. The number of allylic oxidation sites excluding steroid dienone is 1. The van der Waals surface area contributed by atoms with Crippen molar-refractivity contribution in [3.63, 3.8) is 0 Å². The fourth-order valence-electron chi connectivity index (χ4n) is 7.48. The molecule has 0 bridgehead atoms. The van der Waals surface area contributed by atoms with Gasteiger partial charge in [0.15, 0.2) is 5.78 Å². The Labute approximate surface area is 325 Å². The molecule has 10 nitrogen and oxygen atoms in total. The number of ketones is 2. The number of nitrogen functional groups attached to an aromatic ring is 2. The van der Waals surface area contributed by atoms with E-state index in [2.05, 4.69) is 0 Å². The number of carbonyl (C=O) groups is 2. The van der Waals surface area contributed by atoms with Crippen LogP contribution in [0.5, 0.6) is 11.5 Å². The van der Waals surface area contributed by atoms with Crippen molar-refractivity contribution in [3.05, 3.63) is 95.6 Å². The zero-order chi connectivity index (χ0) is 39.2. The van der Waals surface area contributed by atoms with Crippen molar-refractivity contribution in [2.24, 2.45) is 11.8 Å². The number of rotatable bonds is 19. The number of aliphatic hydroxyl groups is 2. The Morgan fingerprint density at radius 3 is 1.64 bits per heavy atom. The Morgan fingerprint density at radius 2 is 1.18 bits per heavy atom. The summed E-state index contributed by atoms with van der Waals surface area (Å²) in [6, 6.07) is 19.2. The number of ether oxygens (including phenoxy) is 4. The van der Waals surface area contributed by atoms with E-state index in [1.165, 1.54) is 24.3 Å². The highest BCUT2D eigenvalue weighted by Gasteiger charge is 2.43. The van der Waals surface area contributed by atoms with E-state index >= 15 is 0 Å². The molecule has 55 heavy (non-hydrogen) atoms. The van der Waals surface area contributed by atoms with Crippen LogP contribution in [0.15, 0.2) is 78.9 Å². The molecule has 0 amide bonds. The van der Waals surface area contributed by atoms with Gasteiger partial charge in [-0.3, -0.25) is 9.59 Å². The van der Waals surface area contributed by atoms with E-state index in [9.17, 15) is 19.8 Å². The van der Waals surface area contributed by atoms with Gasteiger partial charge < -0.3 is 40.6 Å². The van der Waals surface area contributed by atoms with Gasteiger partial charge in [0, 0.05) is 31.0 Å². The fourth-order valence-corrected chi connectivity index (χ4v) is 7.48. The van der Waals surface area contributed by atoms with E-state index in [0.717, 1.165) is 87.7 Å². The van der Waals surface area contributed by atoms with E-state index in [4.69, 9.17) is 30.4 Å². The van der Waals surface area contributed by atoms with Gasteiger partial charge in [-0.25, -0.2) is 0 Å². The first-order valence-corrected chi connectivity index (χ1v) is 19.8. The summed E-state index contributed by atoms with van der Waals surface area (Å²) >= 11 is 0. The fraction of sp³-hybridized carbons (Fsp3) is 0.467. The minimum Gasteiger partial charge on any atom is -0.493 e. The zero-order valence-electron chi connectivity index (χ0n) is 32.2. The molecule has 10 heteroatoms. The van der Waals surface area contributed by atoms with Crippen molar-refractivity contribution < 1.29 is 38.7 Å². The number of benzene rings is 3. The summed E-state index contributed by atoms with van der Waals surface area (Å²) < 4.78 is 23.6. The predicted molar refractivity (Wildman–Crippen MR) is 216 cm³/mol. The molecule has 5 rings (SSSR count). The van der Waals surface area contributed by atoms with Crippen LogP contribution >= 0.6 is 0 Å². The van der Waals surface area contributed by atoms with Gasteiger partial charge in [-0.15, -0.1) is 0 Å². The van der Waals surface area contributed by atoms with Gasteiger partial charge in [-0.1, -0.05) is 42.5 Å². The third kappa shape index (κ3) is 12.5. The van der Waals surface area contributed by atoms with Gasteiger partial charge in [0.2, 0.25) is 11.6 Å². The average Bonchev–Trinajstić information content (AvgIpc) is 3.19. The lowest BCUT2D eigenvalue weighted by Crippen LogP contribution is -2.44. The van der Waals surface area contributed by atoms with Gasteiger partial charge in [0.1, 0.15) is 11.5 Å². The van der Waals surface area contributed by atoms with Crippen molar-refractivity contribution in [2.75, 3.05) is 37.9 Å². The van der Waals surface area contributed by atoms with Crippen LogP contribution in [0.25, 0.3) is 12.2 Å². The smallest absolute Gasteiger partial charge is 0.235 e. The maximum atomic E-state index is 13.4. The molecule has 0 aromatic heterocycles. The van der Waals surface area contributed by atoms with Crippen molar-refractivity contribution in [3.8, 4) is 11.5 Å². The lowest BCUT2D eigenvalue weighted by molar-refractivity contribution is -0.187. The van der Waals surface area contributed by atoms with Gasteiger partial charge in [0.05, 0.1) is 31.3 Å². The van der Waals surface area contributed by atoms with Crippen LogP contribution in [0.2, 0.25) is 0 Å². The first-order valence-electron chi connectivity index (χ1n) is 19.8. The first-order chi connectivity index (χ1) is 26.5. The first kappa shape index (κ1) is 41.7. The minimum atomic E-state index is -2.95. The molecule has 2 aliphatic carbocycles. The van der Waals surface area contributed by atoms with Crippen LogP contribution in [-0.4, -0.2) is 66.2 Å². The monoisotopic (exact) mass is 754 g/mol. The van der Waals surface area contributed by atoms with Crippen molar-refractivity contribution >= 4 is 35.1 Å². The summed E-state index contributed by atoms with van der Waals surface area (Å²) in [4.78, 5) is 26.7. The van der Waals surface area contributed by atoms with Crippen LogP contribution < -0.4 is 20.9 Å². The summed E-state index contributed by atoms with van der Waals surface area (Å²) in [6.45, 7) is 6.84. The standard InChI is InChI=1S/C45H58N2O8/c1-3-52-37-21-10-33(11-22-37)29-54-39-17-6-31(7-18-39)5-16-36(48)28-42(41-25-15-35(46)27-43(41)47)45(50,51)44(49)26-14-32-8-19-40(20-9-32)55-30-34-12-23-38(24-13-34)53-4-2/h5-9,14-20,25-27,33-34,37-38,42,50-51H,3-4,10-13,21-24,28-30,46-47H2,1-2H3. The molecule has 0 heterocycles. The third-order valence-electron chi connectivity index (χ3n) is 10.8. The maximum Gasteiger partial charge on any atom is 0.235 e. The van der Waals surface area contributed by atoms with E-state index in [1.807, 2.05) is 50.2 Å². The maximum absolute atomic E-state index is 13.4. The number of hydrogen-bond acceptors (Lipinski definition) is 10. The topological polar surface area (TPSA) is 164 Å². The van der Waals surface area contributed by atoms with Crippen LogP contribution in [-0.2, 0) is 19.1 Å². The van der Waals surface area contributed by atoms with Gasteiger partial charge in [-0.2, -0.15) is 0 Å². The van der Waals surface area contributed by atoms with E-state index in [0.29, 0.717) is 48.5 Å². The van der Waals surface area contributed by atoms with E-state index in [-0.39, 0.29) is 11.3 Å². The highest BCUT2D eigenvalue weighted by molar-refractivity contribution is 6.01. The predicted octanol–water partition coefficient (Wildman–Crippen LogP) is 7.52. The molecule has 2 aliphatic rings. The second-order valence-electron chi connectivity index (χ2n) is 14.8. The molecule has 0 radical (unpaired) electrons. The molecule has 0 aliphatic heterocycles. The number of hydrogen-bond donors (Lipinski definition) is 4. The molecule has 3 aromatic rings. The molecule has 2 fully saturated rings. The second-order valence-corrected chi connectivity index (χ2v) is 14.8. The van der Waals surface area contributed by atoms with Crippen molar-refractivity contribution in [1.82, 2.24) is 0 Å². The Morgan fingerprint density at radius 1 is 0.709 bits per heavy atom. The lowest BCUT2D eigenvalue weighted by Gasteiger charge is -2.30. The summed E-state index contributed by atoms with van der Waals surface area (Å²) in [7, 11) is 0. The number of anilines is 2. The molecule has 6 N–H and O–H groups in total.